The first-order valence-corrected chi connectivity index (χ1v) is 10.3. The molecule has 1 fully saturated rings. The van der Waals surface area contributed by atoms with Gasteiger partial charge in [-0.1, -0.05) is 12.1 Å². The van der Waals surface area contributed by atoms with Gasteiger partial charge in [0.2, 0.25) is 5.91 Å². The lowest BCUT2D eigenvalue weighted by Crippen LogP contribution is -2.26. The Hall–Kier alpha value is -2.66. The molecule has 0 bridgehead atoms. The van der Waals surface area contributed by atoms with Gasteiger partial charge in [-0.25, -0.2) is 13.1 Å². The van der Waals surface area contributed by atoms with Crippen LogP contribution in [0.15, 0.2) is 24.3 Å². The number of nitrogens with zero attached hydrogens (tertiary/aromatic N) is 3. The second kappa shape index (κ2) is 5.95. The molecule has 2 aliphatic heterocycles. The summed E-state index contributed by atoms with van der Waals surface area (Å²) in [6.07, 6.45) is 0.807. The number of nitriles is 1. The molecule has 0 spiro atoms. The Kier molecular flexibility index (Phi) is 3.84. The molecule has 2 atom stereocenters. The SMILES string of the molecule is Cc1nn([C@@H]2CCS(=O)(=O)C2)c2c1[C@@H](c1ccc(C#N)cc1)CC(=O)N2. The maximum Gasteiger partial charge on any atom is 0.226 e. The van der Waals surface area contributed by atoms with E-state index >= 15 is 0 Å². The van der Waals surface area contributed by atoms with Crippen molar-refractivity contribution in [2.24, 2.45) is 0 Å². The van der Waals surface area contributed by atoms with Crippen molar-refractivity contribution in [3.8, 4) is 6.07 Å². The zero-order valence-corrected chi connectivity index (χ0v) is 15.1. The van der Waals surface area contributed by atoms with Crippen LogP contribution in [0.2, 0.25) is 0 Å². The molecule has 26 heavy (non-hydrogen) atoms. The van der Waals surface area contributed by atoms with Crippen LogP contribution in [-0.2, 0) is 14.6 Å². The van der Waals surface area contributed by atoms with Crippen LogP contribution in [-0.4, -0.2) is 35.6 Å². The minimum absolute atomic E-state index is 0.0535. The molecular weight excluding hydrogens is 352 g/mol. The molecule has 1 saturated heterocycles. The van der Waals surface area contributed by atoms with Gasteiger partial charge in [-0.2, -0.15) is 10.4 Å². The Morgan fingerprint density at radius 1 is 1.31 bits per heavy atom. The molecule has 1 N–H and O–H groups in total. The summed E-state index contributed by atoms with van der Waals surface area (Å²) in [7, 11) is -3.05. The van der Waals surface area contributed by atoms with Crippen LogP contribution in [0, 0.1) is 18.3 Å². The average Bonchev–Trinajstić information content (AvgIpc) is 3.13. The van der Waals surface area contributed by atoms with E-state index in [2.05, 4.69) is 16.5 Å². The number of rotatable bonds is 2. The van der Waals surface area contributed by atoms with Gasteiger partial charge in [-0.15, -0.1) is 0 Å². The van der Waals surface area contributed by atoms with Gasteiger partial charge < -0.3 is 5.32 Å². The maximum atomic E-state index is 12.3. The van der Waals surface area contributed by atoms with Crippen molar-refractivity contribution in [3.05, 3.63) is 46.6 Å². The number of anilines is 1. The van der Waals surface area contributed by atoms with Crippen molar-refractivity contribution in [2.45, 2.75) is 31.7 Å². The molecule has 1 aromatic carbocycles. The highest BCUT2D eigenvalue weighted by Gasteiger charge is 2.37. The normalized spacial score (nSPS) is 23.9. The number of sulfone groups is 1. The van der Waals surface area contributed by atoms with Gasteiger partial charge in [0.15, 0.2) is 9.84 Å². The molecular formula is C18H18N4O3S. The third kappa shape index (κ3) is 2.78. The highest BCUT2D eigenvalue weighted by molar-refractivity contribution is 7.91. The van der Waals surface area contributed by atoms with Crippen molar-refractivity contribution in [2.75, 3.05) is 16.8 Å². The summed E-state index contributed by atoms with van der Waals surface area (Å²) >= 11 is 0. The topological polar surface area (TPSA) is 105 Å². The van der Waals surface area contributed by atoms with Crippen LogP contribution in [0.4, 0.5) is 5.82 Å². The molecule has 2 aliphatic rings. The summed E-state index contributed by atoms with van der Waals surface area (Å²) in [5.74, 6) is 0.540. The Balaban J connectivity index is 1.78. The highest BCUT2D eigenvalue weighted by Crippen LogP contribution is 2.41. The highest BCUT2D eigenvalue weighted by atomic mass is 32.2. The largest absolute Gasteiger partial charge is 0.311 e. The van der Waals surface area contributed by atoms with Gasteiger partial charge in [0.25, 0.3) is 0 Å². The second-order valence-corrected chi connectivity index (χ2v) is 9.12. The van der Waals surface area contributed by atoms with E-state index in [4.69, 9.17) is 5.26 Å². The van der Waals surface area contributed by atoms with Crippen molar-refractivity contribution in [1.29, 1.82) is 5.26 Å². The fourth-order valence-corrected chi connectivity index (χ4v) is 5.57. The van der Waals surface area contributed by atoms with E-state index in [0.29, 0.717) is 24.2 Å². The van der Waals surface area contributed by atoms with Gasteiger partial charge in [0.1, 0.15) is 5.82 Å². The standard InChI is InChI=1S/C18H18N4O3S/c1-11-17-15(13-4-2-12(9-19)3-5-13)8-16(23)20-18(17)22(21-11)14-6-7-26(24,25)10-14/h2-5,14-15H,6-8,10H2,1H3,(H,20,23)/t14-,15-/m1/s1. The summed E-state index contributed by atoms with van der Waals surface area (Å²) < 4.78 is 25.4. The number of hydrogen-bond acceptors (Lipinski definition) is 5. The molecule has 1 aromatic heterocycles. The minimum atomic E-state index is -3.05. The smallest absolute Gasteiger partial charge is 0.226 e. The molecule has 1 amide bonds. The summed E-state index contributed by atoms with van der Waals surface area (Å²) in [6, 6.07) is 9.05. The summed E-state index contributed by atoms with van der Waals surface area (Å²) in [6.45, 7) is 1.88. The predicted octanol–water partition coefficient (Wildman–Crippen LogP) is 1.90. The van der Waals surface area contributed by atoms with Crippen LogP contribution in [0.5, 0.6) is 0 Å². The molecule has 8 heteroatoms. The quantitative estimate of drug-likeness (QED) is 0.869. The lowest BCUT2D eigenvalue weighted by molar-refractivity contribution is -0.116. The van der Waals surface area contributed by atoms with Gasteiger partial charge in [-0.05, 0) is 31.0 Å². The summed E-state index contributed by atoms with van der Waals surface area (Å²) in [4.78, 5) is 12.3. The molecule has 0 unspecified atom stereocenters. The monoisotopic (exact) mass is 370 g/mol. The minimum Gasteiger partial charge on any atom is -0.311 e. The zero-order chi connectivity index (χ0) is 18.5. The lowest BCUT2D eigenvalue weighted by Gasteiger charge is -2.25. The zero-order valence-electron chi connectivity index (χ0n) is 14.3. The van der Waals surface area contributed by atoms with Gasteiger partial charge in [-0.3, -0.25) is 4.79 Å². The maximum absolute atomic E-state index is 12.3. The fourth-order valence-electron chi connectivity index (χ4n) is 3.88. The molecule has 3 heterocycles. The van der Waals surface area contributed by atoms with Crippen molar-refractivity contribution >= 4 is 21.6 Å². The van der Waals surface area contributed by atoms with Crippen LogP contribution in [0.25, 0.3) is 0 Å². The Bertz CT molecular complexity index is 1030. The number of nitrogens with one attached hydrogen (secondary N) is 1. The molecule has 134 valence electrons. The number of fused-ring (bicyclic) bond motifs is 1. The van der Waals surface area contributed by atoms with E-state index in [1.54, 1.807) is 16.8 Å². The number of carbonyl (C=O) groups is 1. The number of aromatic nitrogens is 2. The number of hydrogen-bond donors (Lipinski definition) is 1. The van der Waals surface area contributed by atoms with Gasteiger partial charge in [0, 0.05) is 17.9 Å². The van der Waals surface area contributed by atoms with E-state index in [1.807, 2.05) is 19.1 Å². The Morgan fingerprint density at radius 2 is 2.04 bits per heavy atom. The first-order chi connectivity index (χ1) is 12.4. The molecule has 7 nitrogen and oxygen atoms in total. The van der Waals surface area contributed by atoms with Crippen LogP contribution in [0.3, 0.4) is 0 Å². The lowest BCUT2D eigenvalue weighted by atomic mass is 9.85. The molecule has 0 radical (unpaired) electrons. The number of benzene rings is 1. The van der Waals surface area contributed by atoms with Crippen LogP contribution in [0.1, 0.15) is 47.2 Å². The van der Waals surface area contributed by atoms with E-state index in [0.717, 1.165) is 16.8 Å². The summed E-state index contributed by atoms with van der Waals surface area (Å²) in [5, 5.41) is 16.4. The molecule has 2 aromatic rings. The van der Waals surface area contributed by atoms with Crippen LogP contribution >= 0.6 is 0 Å². The molecule has 4 rings (SSSR count). The van der Waals surface area contributed by atoms with E-state index in [1.165, 1.54) is 0 Å². The average molecular weight is 370 g/mol. The van der Waals surface area contributed by atoms with Crippen molar-refractivity contribution in [3.63, 3.8) is 0 Å². The fraction of sp³-hybridized carbons (Fsp3) is 0.389. The first-order valence-electron chi connectivity index (χ1n) is 8.47. The van der Waals surface area contributed by atoms with Gasteiger partial charge >= 0.3 is 0 Å². The second-order valence-electron chi connectivity index (χ2n) is 6.89. The number of carbonyl (C=O) groups excluding carboxylic acids is 1. The predicted molar refractivity (Wildman–Crippen MR) is 95.5 cm³/mol. The summed E-state index contributed by atoms with van der Waals surface area (Å²) in [5.41, 5.74) is 3.23. The van der Waals surface area contributed by atoms with Crippen molar-refractivity contribution in [1.82, 2.24) is 9.78 Å². The van der Waals surface area contributed by atoms with Crippen molar-refractivity contribution < 1.29 is 13.2 Å². The molecule has 0 saturated carbocycles. The Morgan fingerprint density at radius 3 is 2.65 bits per heavy atom. The van der Waals surface area contributed by atoms with E-state index in [-0.39, 0.29) is 29.4 Å². The van der Waals surface area contributed by atoms with Gasteiger partial charge in [0.05, 0.1) is 34.9 Å². The van der Waals surface area contributed by atoms with E-state index < -0.39 is 9.84 Å². The van der Waals surface area contributed by atoms with Crippen LogP contribution < -0.4 is 5.32 Å². The Labute approximate surface area is 151 Å². The third-order valence-corrected chi connectivity index (χ3v) is 6.87. The third-order valence-electron chi connectivity index (χ3n) is 5.12. The van der Waals surface area contributed by atoms with E-state index in [9.17, 15) is 13.2 Å². The number of amides is 1. The number of aryl methyl sites for hydroxylation is 1. The first kappa shape index (κ1) is 16.8. The molecule has 0 aliphatic carbocycles.